The predicted octanol–water partition coefficient (Wildman–Crippen LogP) is 6.50. The number of benzene rings is 2. The Morgan fingerprint density at radius 2 is 1.20 bits per heavy atom. The Labute approximate surface area is 275 Å². The number of aryl methyl sites for hydroxylation is 2. The Morgan fingerprint density at radius 1 is 0.652 bits per heavy atom. The van der Waals surface area contributed by atoms with Crippen LogP contribution in [0.15, 0.2) is 73.6 Å². The maximum Gasteiger partial charge on any atom is 0.237 e. The summed E-state index contributed by atoms with van der Waals surface area (Å²) >= 11 is 14.1. The molecule has 0 saturated heterocycles. The van der Waals surface area contributed by atoms with Crippen LogP contribution in [0.5, 0.6) is 11.8 Å². The van der Waals surface area contributed by atoms with Gasteiger partial charge in [-0.25, -0.2) is 9.97 Å². The molecule has 0 atom stereocenters. The number of hydrogen-bond acceptors (Lipinski definition) is 9. The first-order valence-electron chi connectivity index (χ1n) is 14.6. The first-order valence-corrected chi connectivity index (χ1v) is 15.3. The minimum absolute atomic E-state index is 0.413. The molecular formula is C33H31Cl2N9O2. The molecule has 0 aliphatic rings. The molecule has 6 rings (SSSR count). The molecule has 0 radical (unpaired) electrons. The molecule has 234 valence electrons. The highest BCUT2D eigenvalue weighted by Gasteiger charge is 2.19. The molecule has 4 aromatic heterocycles. The number of nitrogens with zero attached hydrogens (tertiary/aromatic N) is 6. The van der Waals surface area contributed by atoms with Gasteiger partial charge in [-0.15, -0.1) is 0 Å². The first-order chi connectivity index (χ1) is 22.6. The van der Waals surface area contributed by atoms with Gasteiger partial charge in [0.05, 0.1) is 60.4 Å². The van der Waals surface area contributed by atoms with Crippen LogP contribution in [0.4, 0.5) is 0 Å². The van der Waals surface area contributed by atoms with E-state index in [9.17, 15) is 0 Å². The van der Waals surface area contributed by atoms with Crippen LogP contribution in [0.1, 0.15) is 28.9 Å². The molecule has 0 aliphatic heterocycles. The van der Waals surface area contributed by atoms with E-state index in [1.807, 2.05) is 55.0 Å². The van der Waals surface area contributed by atoms with Crippen molar-refractivity contribution in [1.82, 2.24) is 45.6 Å². The Hall–Kier alpha value is -4.84. The molecule has 0 aliphatic carbocycles. The fraction of sp³-hybridized carbons (Fsp3) is 0.212. The molecule has 0 spiro atoms. The van der Waals surface area contributed by atoms with Crippen LogP contribution < -0.4 is 14.8 Å². The molecule has 0 fully saturated rings. The molecule has 11 nitrogen and oxygen atoms in total. The van der Waals surface area contributed by atoms with Crippen LogP contribution >= 0.6 is 23.2 Å². The van der Waals surface area contributed by atoms with Gasteiger partial charge in [-0.1, -0.05) is 59.6 Å². The van der Waals surface area contributed by atoms with Crippen molar-refractivity contribution in [2.75, 3.05) is 14.2 Å². The summed E-state index contributed by atoms with van der Waals surface area (Å²) in [5, 5.41) is 17.9. The number of halogens is 2. The Kier molecular flexibility index (Phi) is 9.82. The first kappa shape index (κ1) is 31.2. The third-order valence-electron chi connectivity index (χ3n) is 7.46. The second kappa shape index (κ2) is 14.5. The highest BCUT2D eigenvalue weighted by molar-refractivity contribution is 6.39. The summed E-state index contributed by atoms with van der Waals surface area (Å²) in [5.74, 6) is 0.884. The monoisotopic (exact) mass is 655 g/mol. The van der Waals surface area contributed by atoms with E-state index in [4.69, 9.17) is 42.6 Å². The Balaban J connectivity index is 1.24. The van der Waals surface area contributed by atoms with Crippen LogP contribution in [0.3, 0.4) is 0 Å². The van der Waals surface area contributed by atoms with Gasteiger partial charge in [0.15, 0.2) is 0 Å². The number of nitrogens with one attached hydrogen (secondary N) is 3. The van der Waals surface area contributed by atoms with Crippen LogP contribution in [0, 0.1) is 0 Å². The van der Waals surface area contributed by atoms with E-state index in [1.54, 1.807) is 32.8 Å². The van der Waals surface area contributed by atoms with Crippen molar-refractivity contribution < 1.29 is 9.47 Å². The minimum atomic E-state index is 0.413. The molecular weight excluding hydrogens is 625 g/mol. The second-order valence-electron chi connectivity index (χ2n) is 10.4. The normalized spacial score (nSPS) is 11.1. The second-order valence-corrected chi connectivity index (χ2v) is 11.2. The summed E-state index contributed by atoms with van der Waals surface area (Å²) in [6.07, 6.45) is 13.2. The van der Waals surface area contributed by atoms with Gasteiger partial charge in [-0.2, -0.15) is 10.2 Å². The highest BCUT2D eigenvalue weighted by atomic mass is 35.5. The van der Waals surface area contributed by atoms with Gasteiger partial charge in [0.1, 0.15) is 11.4 Å². The summed E-state index contributed by atoms with van der Waals surface area (Å²) in [6.45, 7) is 1.10. The Bertz CT molecular complexity index is 1780. The zero-order valence-electron chi connectivity index (χ0n) is 25.2. The van der Waals surface area contributed by atoms with E-state index in [2.05, 4.69) is 35.7 Å². The van der Waals surface area contributed by atoms with Crippen molar-refractivity contribution in [2.24, 2.45) is 0 Å². The lowest BCUT2D eigenvalue weighted by molar-refractivity contribution is 0.387. The average molecular weight is 657 g/mol. The summed E-state index contributed by atoms with van der Waals surface area (Å²) in [4.78, 5) is 18.8. The number of aromatic amines is 2. The average Bonchev–Trinajstić information content (AvgIpc) is 3.81. The van der Waals surface area contributed by atoms with Crippen molar-refractivity contribution in [1.29, 1.82) is 0 Å². The molecule has 3 N–H and O–H groups in total. The van der Waals surface area contributed by atoms with E-state index in [1.165, 1.54) is 0 Å². The van der Waals surface area contributed by atoms with Crippen LogP contribution in [-0.4, -0.2) is 54.6 Å². The van der Waals surface area contributed by atoms with E-state index < -0.39 is 0 Å². The van der Waals surface area contributed by atoms with E-state index in [0.717, 1.165) is 40.8 Å². The molecule has 4 heterocycles. The highest BCUT2D eigenvalue weighted by Crippen LogP contribution is 2.42. The zero-order chi connectivity index (χ0) is 31.9. The maximum absolute atomic E-state index is 7.04. The number of methoxy groups -OCH3 is 2. The lowest BCUT2D eigenvalue weighted by Gasteiger charge is -2.15. The van der Waals surface area contributed by atoms with Crippen molar-refractivity contribution >= 4 is 23.2 Å². The summed E-state index contributed by atoms with van der Waals surface area (Å²) < 4.78 is 11.2. The number of H-pyrrole nitrogens is 2. The molecule has 13 heteroatoms. The molecule has 2 aromatic carbocycles. The van der Waals surface area contributed by atoms with Gasteiger partial charge in [0.2, 0.25) is 11.8 Å². The van der Waals surface area contributed by atoms with Gasteiger partial charge < -0.3 is 14.8 Å². The predicted molar refractivity (Wildman–Crippen MR) is 177 cm³/mol. The number of rotatable bonds is 13. The van der Waals surface area contributed by atoms with Gasteiger partial charge >= 0.3 is 0 Å². The largest absolute Gasteiger partial charge is 0.480 e. The minimum Gasteiger partial charge on any atom is -0.480 e. The molecule has 0 saturated carbocycles. The third kappa shape index (κ3) is 6.86. The van der Waals surface area contributed by atoms with Crippen molar-refractivity contribution in [3.8, 4) is 45.4 Å². The van der Waals surface area contributed by atoms with Gasteiger partial charge in [-0.05, 0) is 24.8 Å². The third-order valence-corrected chi connectivity index (χ3v) is 8.27. The quantitative estimate of drug-likeness (QED) is 0.127. The SMILES string of the molecule is COc1nc(-c2cccc(-c3cccc(-c4cnc(CNCc5cn[nH]c5)c(OC)n4)c3Cl)c2Cl)cnc1CCCc1cn[nH]c1. The summed E-state index contributed by atoms with van der Waals surface area (Å²) in [7, 11) is 3.17. The molecule has 46 heavy (non-hydrogen) atoms. The molecule has 0 amide bonds. The standard InChI is InChI=1S/C33H31Cl2N9O2/c1-45-32-26(11-3-6-20-13-39-40-14-20)37-18-27(43-32)24-9-4-7-22(30(24)34)23-8-5-10-25(31(23)35)28-19-38-29(33(44-28)46-2)17-36-12-21-15-41-42-16-21/h4-5,7-10,13-16,18-19,36H,3,6,11-12,17H2,1-2H3,(H,39,40)(H,41,42). The zero-order valence-corrected chi connectivity index (χ0v) is 26.7. The van der Waals surface area contributed by atoms with E-state index in [0.29, 0.717) is 69.5 Å². The van der Waals surface area contributed by atoms with Gasteiger partial charge in [0, 0.05) is 53.3 Å². The summed E-state index contributed by atoms with van der Waals surface area (Å²) in [5.41, 5.74) is 7.73. The van der Waals surface area contributed by atoms with Crippen molar-refractivity contribution in [3.63, 3.8) is 0 Å². The van der Waals surface area contributed by atoms with E-state index in [-0.39, 0.29) is 0 Å². The maximum atomic E-state index is 7.04. The molecule has 0 bridgehead atoms. The van der Waals surface area contributed by atoms with Crippen molar-refractivity contribution in [3.05, 3.63) is 106 Å². The Morgan fingerprint density at radius 3 is 1.76 bits per heavy atom. The fourth-order valence-corrected chi connectivity index (χ4v) is 5.77. The van der Waals surface area contributed by atoms with Crippen molar-refractivity contribution in [2.45, 2.75) is 32.4 Å². The number of aromatic nitrogens is 8. The lowest BCUT2D eigenvalue weighted by atomic mass is 9.98. The molecule has 6 aromatic rings. The summed E-state index contributed by atoms with van der Waals surface area (Å²) in [6, 6.07) is 11.5. The lowest BCUT2D eigenvalue weighted by Crippen LogP contribution is -2.15. The number of hydrogen-bond donors (Lipinski definition) is 3. The van der Waals surface area contributed by atoms with E-state index >= 15 is 0 Å². The van der Waals surface area contributed by atoms with Crippen LogP contribution in [0.2, 0.25) is 10.0 Å². The van der Waals surface area contributed by atoms with Gasteiger partial charge in [-0.3, -0.25) is 20.2 Å². The van der Waals surface area contributed by atoms with Crippen LogP contribution in [-0.2, 0) is 25.9 Å². The van der Waals surface area contributed by atoms with Crippen LogP contribution in [0.25, 0.3) is 33.6 Å². The smallest absolute Gasteiger partial charge is 0.237 e. The fourth-order valence-electron chi connectivity index (χ4n) is 5.12. The molecule has 0 unspecified atom stereocenters. The topological polar surface area (TPSA) is 139 Å². The number of ether oxygens (including phenoxy) is 2. The van der Waals surface area contributed by atoms with Gasteiger partial charge in [0.25, 0.3) is 0 Å².